The van der Waals surface area contributed by atoms with Gasteiger partial charge in [0.2, 0.25) is 0 Å². The first-order valence-electron chi connectivity index (χ1n) is 11.0. The molecular formula is C18H24B3N12U. The molecule has 0 N–H and O–H groups in total. The second-order valence-corrected chi connectivity index (χ2v) is 7.68. The van der Waals surface area contributed by atoms with Crippen LogP contribution in [0.1, 0.15) is 0 Å². The average Bonchev–Trinajstić information content (AvgIpc) is 3.67. The van der Waals surface area contributed by atoms with Crippen LogP contribution in [0.2, 0.25) is 0 Å². The minimum Gasteiger partial charge on any atom is -0.429 e. The summed E-state index contributed by atoms with van der Waals surface area (Å²) in [6.45, 7) is 0. The molecule has 0 amide bonds. The predicted octanol–water partition coefficient (Wildman–Crippen LogP) is -1.58. The standard InChI is InChI=1S/3C6H8BN4.U/c3*1-3-8-10(5-1)7-11-6-2-4-9-11;/h3*1-6H,7H2;/q3*-1;+3. The van der Waals surface area contributed by atoms with E-state index in [1.807, 2.05) is 101 Å². The van der Waals surface area contributed by atoms with E-state index in [0.29, 0.717) is 0 Å². The normalized spacial score (nSPS) is 9.88. The van der Waals surface area contributed by atoms with Gasteiger partial charge in [0, 0.05) is 37.2 Å². The van der Waals surface area contributed by atoms with E-state index >= 15 is 0 Å². The third-order valence-corrected chi connectivity index (χ3v) is 5.05. The Balaban J connectivity index is 0.000000141. The van der Waals surface area contributed by atoms with E-state index in [4.69, 9.17) is 0 Å². The number of rotatable bonds is 6. The Hall–Kier alpha value is -3.49. The monoisotopic (exact) mass is 679 g/mol. The van der Waals surface area contributed by atoms with Gasteiger partial charge in [0.25, 0.3) is 0 Å². The Labute approximate surface area is 221 Å². The molecule has 0 aromatic carbocycles. The molecule has 12 nitrogen and oxygen atoms in total. The predicted molar refractivity (Wildman–Crippen MR) is 131 cm³/mol. The summed E-state index contributed by atoms with van der Waals surface area (Å²) in [5.74, 6) is 0. The maximum Gasteiger partial charge on any atom is 3.00 e. The summed E-state index contributed by atoms with van der Waals surface area (Å²) in [7, 11) is -1.25. The van der Waals surface area contributed by atoms with Crippen molar-refractivity contribution in [1.82, 2.24) is 58.1 Å². The molecule has 0 fully saturated rings. The van der Waals surface area contributed by atoms with E-state index in [9.17, 15) is 0 Å². The van der Waals surface area contributed by atoms with Crippen LogP contribution in [-0.2, 0) is 0 Å². The second kappa shape index (κ2) is 13.9. The van der Waals surface area contributed by atoms with Gasteiger partial charge in [-0.2, -0.15) is 0 Å². The van der Waals surface area contributed by atoms with Gasteiger partial charge in [0.15, 0.2) is 22.6 Å². The van der Waals surface area contributed by atoms with Gasteiger partial charge >= 0.3 is 31.1 Å². The van der Waals surface area contributed by atoms with Gasteiger partial charge < -0.3 is 27.6 Å². The molecule has 0 aliphatic carbocycles. The Morgan fingerprint density at radius 3 is 0.618 bits per heavy atom. The summed E-state index contributed by atoms with van der Waals surface area (Å²) in [6.07, 6.45) is 22.5. The molecule has 0 aliphatic heterocycles. The molecule has 6 aromatic heterocycles. The van der Waals surface area contributed by atoms with Crippen LogP contribution in [0.25, 0.3) is 0 Å². The van der Waals surface area contributed by atoms with Crippen molar-refractivity contribution in [2.45, 2.75) is 0 Å². The van der Waals surface area contributed by atoms with Crippen LogP contribution in [0, 0.1) is 31.1 Å². The SMILES string of the molecule is [BH2-](n1cccn1)n1cccn1.[BH2-](n1cccn1)n1cccn1.[BH2-](n1cccn1)n1cccn1.[U+3]. The maximum atomic E-state index is 4.10. The molecule has 0 bridgehead atoms. The van der Waals surface area contributed by atoms with Crippen LogP contribution in [0.3, 0.4) is 0 Å². The molecule has 34 heavy (non-hydrogen) atoms. The van der Waals surface area contributed by atoms with Crippen LogP contribution in [0.15, 0.2) is 111 Å². The van der Waals surface area contributed by atoms with E-state index in [1.54, 1.807) is 37.2 Å². The maximum absolute atomic E-state index is 4.10. The van der Waals surface area contributed by atoms with Crippen molar-refractivity contribution in [2.75, 3.05) is 0 Å². The summed E-state index contributed by atoms with van der Waals surface area (Å²) >= 11 is 0. The van der Waals surface area contributed by atoms with Crippen molar-refractivity contribution in [1.29, 1.82) is 0 Å². The van der Waals surface area contributed by atoms with Gasteiger partial charge in [0.1, 0.15) is 0 Å². The first kappa shape index (κ1) is 25.1. The minimum atomic E-state index is -0.417. The van der Waals surface area contributed by atoms with Gasteiger partial charge in [0.05, 0.1) is 0 Å². The molecule has 1 radical (unpaired) electrons. The van der Waals surface area contributed by atoms with Crippen molar-refractivity contribution in [3.8, 4) is 0 Å². The van der Waals surface area contributed by atoms with Crippen molar-refractivity contribution in [3.05, 3.63) is 111 Å². The first-order valence-corrected chi connectivity index (χ1v) is 11.0. The fourth-order valence-corrected chi connectivity index (χ4v) is 3.41. The summed E-state index contributed by atoms with van der Waals surface area (Å²) < 4.78 is 11.6. The Kier molecular flexibility index (Phi) is 10.3. The number of nitrogens with zero attached hydrogens (tertiary/aromatic N) is 12. The van der Waals surface area contributed by atoms with Crippen molar-refractivity contribution in [3.63, 3.8) is 0 Å². The second-order valence-electron chi connectivity index (χ2n) is 7.68. The van der Waals surface area contributed by atoms with Gasteiger partial charge in [-0.25, -0.2) is 30.6 Å². The third kappa shape index (κ3) is 8.46. The van der Waals surface area contributed by atoms with E-state index in [2.05, 4.69) is 30.6 Å². The smallest absolute Gasteiger partial charge is 0.429 e. The zero-order valence-electron chi connectivity index (χ0n) is 19.3. The minimum absolute atomic E-state index is 0. The Morgan fingerprint density at radius 1 is 0.324 bits per heavy atom. The zero-order valence-corrected chi connectivity index (χ0v) is 23.4. The quantitative estimate of drug-likeness (QED) is 0.197. The fourth-order valence-electron chi connectivity index (χ4n) is 3.41. The van der Waals surface area contributed by atoms with Crippen LogP contribution >= 0.6 is 0 Å². The Bertz CT molecular complexity index is 965. The summed E-state index contributed by atoms with van der Waals surface area (Å²) in [6, 6.07) is 11.5. The number of hydrogen-bond acceptors (Lipinski definition) is 6. The molecule has 0 spiro atoms. The fraction of sp³-hybridized carbons (Fsp3) is 0. The molecule has 0 saturated carbocycles. The summed E-state index contributed by atoms with van der Waals surface area (Å²) in [4.78, 5) is 0. The largest absolute Gasteiger partial charge is 3.00 e. The molecule has 0 atom stereocenters. The molecule has 16 heteroatoms. The molecule has 0 saturated heterocycles. The molecule has 6 aromatic rings. The van der Waals surface area contributed by atoms with Crippen LogP contribution < -0.4 is 0 Å². The molecular weight excluding hydrogens is 655 g/mol. The van der Waals surface area contributed by atoms with Gasteiger partial charge in [-0.3, -0.25) is 0 Å². The third-order valence-electron chi connectivity index (χ3n) is 5.05. The van der Waals surface area contributed by atoms with Gasteiger partial charge in [-0.1, -0.05) is 0 Å². The van der Waals surface area contributed by atoms with Crippen LogP contribution in [0.4, 0.5) is 0 Å². The molecule has 0 unspecified atom stereocenters. The number of hydrogen-bond donors (Lipinski definition) is 0. The van der Waals surface area contributed by atoms with Crippen molar-refractivity contribution < 1.29 is 31.1 Å². The molecule has 6 heterocycles. The topological polar surface area (TPSA) is 107 Å². The Morgan fingerprint density at radius 2 is 0.500 bits per heavy atom. The van der Waals surface area contributed by atoms with Gasteiger partial charge in [-0.15, -0.1) is 0 Å². The van der Waals surface area contributed by atoms with Crippen LogP contribution in [0.5, 0.6) is 0 Å². The first-order chi connectivity index (χ1) is 16.3. The van der Waals surface area contributed by atoms with E-state index in [1.165, 1.54) is 0 Å². The average molecular weight is 679 g/mol. The molecule has 6 rings (SSSR count). The van der Waals surface area contributed by atoms with Gasteiger partial charge in [-0.05, 0) is 73.6 Å². The van der Waals surface area contributed by atoms with E-state index in [-0.39, 0.29) is 31.1 Å². The van der Waals surface area contributed by atoms with E-state index < -0.39 is 22.6 Å². The summed E-state index contributed by atoms with van der Waals surface area (Å²) in [5, 5.41) is 24.6. The van der Waals surface area contributed by atoms with Crippen molar-refractivity contribution in [2.24, 2.45) is 0 Å². The number of aromatic nitrogens is 12. The van der Waals surface area contributed by atoms with E-state index in [0.717, 1.165) is 0 Å². The molecule has 0 aliphatic rings. The molecule has 169 valence electrons. The van der Waals surface area contributed by atoms with Crippen LogP contribution in [-0.4, -0.2) is 80.8 Å². The zero-order chi connectivity index (χ0) is 22.6. The van der Waals surface area contributed by atoms with Crippen molar-refractivity contribution >= 4 is 22.6 Å². The summed E-state index contributed by atoms with van der Waals surface area (Å²) in [5.41, 5.74) is 0.